The normalized spacial score (nSPS) is 15.0. The SMILES string of the molecule is CCCc1ccc(OCc2ccccc2)cc1C(=O)NC1(c2cc(C)cc(C)c2)CCOCC1. The van der Waals surface area contributed by atoms with Gasteiger partial charge < -0.3 is 14.8 Å². The molecule has 4 heteroatoms. The van der Waals surface area contributed by atoms with Gasteiger partial charge in [-0.25, -0.2) is 0 Å². The van der Waals surface area contributed by atoms with Gasteiger partial charge in [0.25, 0.3) is 5.91 Å². The molecule has 4 rings (SSSR count). The molecule has 34 heavy (non-hydrogen) atoms. The number of hydrogen-bond donors (Lipinski definition) is 1. The van der Waals surface area contributed by atoms with E-state index in [1.807, 2.05) is 48.5 Å². The third-order valence-corrected chi connectivity index (χ3v) is 6.57. The van der Waals surface area contributed by atoms with Crippen LogP contribution in [0.25, 0.3) is 0 Å². The van der Waals surface area contributed by atoms with Gasteiger partial charge >= 0.3 is 0 Å². The lowest BCUT2D eigenvalue weighted by Crippen LogP contribution is -2.49. The van der Waals surface area contributed by atoms with Crippen molar-refractivity contribution in [2.24, 2.45) is 0 Å². The molecule has 0 saturated carbocycles. The van der Waals surface area contributed by atoms with Crippen molar-refractivity contribution in [1.29, 1.82) is 0 Å². The monoisotopic (exact) mass is 457 g/mol. The van der Waals surface area contributed by atoms with Crippen LogP contribution in [0.15, 0.2) is 66.7 Å². The van der Waals surface area contributed by atoms with E-state index in [0.717, 1.165) is 42.4 Å². The van der Waals surface area contributed by atoms with Crippen LogP contribution < -0.4 is 10.1 Å². The number of carbonyl (C=O) groups excluding carboxylic acids is 1. The Hall–Kier alpha value is -3.11. The van der Waals surface area contributed by atoms with Crippen LogP contribution in [0.1, 0.15) is 64.4 Å². The highest BCUT2D eigenvalue weighted by molar-refractivity contribution is 5.96. The van der Waals surface area contributed by atoms with Crippen molar-refractivity contribution in [3.8, 4) is 5.75 Å². The van der Waals surface area contributed by atoms with Crippen LogP contribution in [0.4, 0.5) is 0 Å². The van der Waals surface area contributed by atoms with Gasteiger partial charge in [-0.1, -0.05) is 79.1 Å². The van der Waals surface area contributed by atoms with Gasteiger partial charge in [0.15, 0.2) is 0 Å². The van der Waals surface area contributed by atoms with E-state index in [1.54, 1.807) is 0 Å². The first-order chi connectivity index (χ1) is 16.5. The molecule has 0 aliphatic carbocycles. The van der Waals surface area contributed by atoms with Crippen molar-refractivity contribution in [2.45, 2.75) is 58.6 Å². The molecule has 3 aromatic carbocycles. The molecule has 1 heterocycles. The molecule has 1 saturated heterocycles. The Morgan fingerprint density at radius 3 is 2.35 bits per heavy atom. The summed E-state index contributed by atoms with van der Waals surface area (Å²) in [5.74, 6) is 0.663. The largest absolute Gasteiger partial charge is 0.489 e. The second-order valence-electron chi connectivity index (χ2n) is 9.37. The second-order valence-corrected chi connectivity index (χ2v) is 9.37. The molecule has 1 amide bonds. The van der Waals surface area contributed by atoms with E-state index in [-0.39, 0.29) is 5.91 Å². The van der Waals surface area contributed by atoms with Gasteiger partial charge in [-0.05, 0) is 61.9 Å². The third-order valence-electron chi connectivity index (χ3n) is 6.57. The fraction of sp³-hybridized carbons (Fsp3) is 0.367. The van der Waals surface area contributed by atoms with E-state index in [9.17, 15) is 4.79 Å². The number of rotatable bonds is 8. The molecule has 1 aliphatic heterocycles. The average Bonchev–Trinajstić information content (AvgIpc) is 2.84. The average molecular weight is 458 g/mol. The molecule has 0 atom stereocenters. The molecule has 1 aliphatic rings. The number of carbonyl (C=O) groups is 1. The first-order valence-corrected chi connectivity index (χ1v) is 12.3. The van der Waals surface area contributed by atoms with Gasteiger partial charge in [0.05, 0.1) is 5.54 Å². The van der Waals surface area contributed by atoms with Crippen LogP contribution in [0, 0.1) is 13.8 Å². The minimum atomic E-state index is -0.434. The predicted molar refractivity (Wildman–Crippen MR) is 136 cm³/mol. The van der Waals surface area contributed by atoms with Crippen molar-refractivity contribution in [2.75, 3.05) is 13.2 Å². The number of ether oxygens (including phenoxy) is 2. The Bertz CT molecular complexity index is 1100. The zero-order chi connectivity index (χ0) is 24.0. The molecule has 3 aromatic rings. The summed E-state index contributed by atoms with van der Waals surface area (Å²) in [7, 11) is 0. The van der Waals surface area contributed by atoms with E-state index >= 15 is 0 Å². The van der Waals surface area contributed by atoms with Crippen LogP contribution in [0.5, 0.6) is 5.75 Å². The van der Waals surface area contributed by atoms with Gasteiger partial charge in [0, 0.05) is 18.8 Å². The summed E-state index contributed by atoms with van der Waals surface area (Å²) >= 11 is 0. The summed E-state index contributed by atoms with van der Waals surface area (Å²) in [5, 5.41) is 3.44. The van der Waals surface area contributed by atoms with E-state index in [1.165, 1.54) is 11.1 Å². The highest BCUT2D eigenvalue weighted by atomic mass is 16.5. The molecule has 0 radical (unpaired) electrons. The highest BCUT2D eigenvalue weighted by Crippen LogP contribution is 2.34. The Labute approximate surface area is 203 Å². The third kappa shape index (κ3) is 5.68. The molecule has 178 valence electrons. The standard InChI is InChI=1S/C30H35NO3/c1-4-8-25-11-12-27(34-21-24-9-6-5-7-10-24)20-28(25)29(32)31-30(13-15-33-16-14-30)26-18-22(2)17-23(3)19-26/h5-7,9-12,17-20H,4,8,13-16,21H2,1-3H3,(H,31,32). The summed E-state index contributed by atoms with van der Waals surface area (Å²) in [6, 6.07) is 22.6. The van der Waals surface area contributed by atoms with E-state index in [4.69, 9.17) is 9.47 Å². The van der Waals surface area contributed by atoms with Crippen molar-refractivity contribution in [3.05, 3.63) is 100 Å². The van der Waals surface area contributed by atoms with Gasteiger partial charge in [0.1, 0.15) is 12.4 Å². The fourth-order valence-electron chi connectivity index (χ4n) is 4.83. The second kappa shape index (κ2) is 10.9. The number of nitrogens with one attached hydrogen (secondary N) is 1. The van der Waals surface area contributed by atoms with Crippen LogP contribution in [0.2, 0.25) is 0 Å². The van der Waals surface area contributed by atoms with E-state index in [2.05, 4.69) is 44.3 Å². The molecule has 1 N–H and O–H groups in total. The molecule has 0 unspecified atom stereocenters. The molecule has 4 nitrogen and oxygen atoms in total. The first-order valence-electron chi connectivity index (χ1n) is 12.3. The predicted octanol–water partition coefficient (Wildman–Crippen LogP) is 6.27. The maximum atomic E-state index is 13.8. The van der Waals surface area contributed by atoms with Gasteiger partial charge in [-0.3, -0.25) is 4.79 Å². The fourth-order valence-corrected chi connectivity index (χ4v) is 4.83. The van der Waals surface area contributed by atoms with Crippen molar-refractivity contribution >= 4 is 5.91 Å². The zero-order valence-corrected chi connectivity index (χ0v) is 20.5. The summed E-state index contributed by atoms with van der Waals surface area (Å²) in [4.78, 5) is 13.8. The molecular weight excluding hydrogens is 422 g/mol. The smallest absolute Gasteiger partial charge is 0.252 e. The number of amides is 1. The molecule has 0 aromatic heterocycles. The quantitative estimate of drug-likeness (QED) is 0.434. The van der Waals surface area contributed by atoms with Crippen LogP contribution in [-0.2, 0) is 23.3 Å². The number of aryl methyl sites for hydroxylation is 3. The Balaban J connectivity index is 1.62. The molecule has 1 fully saturated rings. The van der Waals surface area contributed by atoms with Gasteiger partial charge in [0.2, 0.25) is 0 Å². The topological polar surface area (TPSA) is 47.6 Å². The minimum absolute atomic E-state index is 0.0466. The van der Waals surface area contributed by atoms with Crippen molar-refractivity contribution < 1.29 is 14.3 Å². The maximum absolute atomic E-state index is 13.8. The lowest BCUT2D eigenvalue weighted by molar-refractivity contribution is 0.0344. The lowest BCUT2D eigenvalue weighted by atomic mass is 9.81. The highest BCUT2D eigenvalue weighted by Gasteiger charge is 2.37. The summed E-state index contributed by atoms with van der Waals surface area (Å²) < 4.78 is 11.7. The lowest BCUT2D eigenvalue weighted by Gasteiger charge is -2.39. The summed E-state index contributed by atoms with van der Waals surface area (Å²) in [6.45, 7) is 8.09. The van der Waals surface area contributed by atoms with Gasteiger partial charge in [-0.15, -0.1) is 0 Å². The maximum Gasteiger partial charge on any atom is 0.252 e. The van der Waals surface area contributed by atoms with Crippen molar-refractivity contribution in [3.63, 3.8) is 0 Å². The molecule has 0 spiro atoms. The molecule has 0 bridgehead atoms. The zero-order valence-electron chi connectivity index (χ0n) is 20.5. The number of benzene rings is 3. The van der Waals surface area contributed by atoms with Gasteiger partial charge in [-0.2, -0.15) is 0 Å². The van der Waals surface area contributed by atoms with Crippen LogP contribution >= 0.6 is 0 Å². The molecular formula is C30H35NO3. The Morgan fingerprint density at radius 1 is 0.971 bits per heavy atom. The number of hydrogen-bond acceptors (Lipinski definition) is 3. The van der Waals surface area contributed by atoms with Crippen molar-refractivity contribution in [1.82, 2.24) is 5.32 Å². The Morgan fingerprint density at radius 2 is 1.68 bits per heavy atom. The van der Waals surface area contributed by atoms with Crippen LogP contribution in [0.3, 0.4) is 0 Å². The Kier molecular flexibility index (Phi) is 7.69. The summed E-state index contributed by atoms with van der Waals surface area (Å²) in [6.07, 6.45) is 3.34. The first kappa shape index (κ1) is 24.0. The van der Waals surface area contributed by atoms with Crippen LogP contribution in [-0.4, -0.2) is 19.1 Å². The summed E-state index contributed by atoms with van der Waals surface area (Å²) in [5.41, 5.74) is 5.99. The minimum Gasteiger partial charge on any atom is -0.489 e. The van der Waals surface area contributed by atoms with E-state index < -0.39 is 5.54 Å². The van der Waals surface area contributed by atoms with E-state index in [0.29, 0.717) is 31.1 Å².